The van der Waals surface area contributed by atoms with Gasteiger partial charge in [-0.3, -0.25) is 14.4 Å². The summed E-state index contributed by atoms with van der Waals surface area (Å²) in [5.41, 5.74) is 14.2. The van der Waals surface area contributed by atoms with E-state index in [0.717, 1.165) is 16.4 Å². The van der Waals surface area contributed by atoms with E-state index in [2.05, 4.69) is 16.2 Å². The SMILES string of the molecule is N#Cc1c(N)nc2sc(C(N)=O)c3[nH]n4c5ccccc5cc4c1c23. The van der Waals surface area contributed by atoms with Crippen molar-refractivity contribution in [2.75, 3.05) is 5.73 Å². The number of nitrogens with one attached hydrogen (secondary N) is 1. The largest absolute Gasteiger partial charge is 0.383 e. The van der Waals surface area contributed by atoms with Gasteiger partial charge in [-0.25, -0.2) is 4.98 Å². The van der Waals surface area contributed by atoms with Crippen LogP contribution in [0.2, 0.25) is 0 Å². The van der Waals surface area contributed by atoms with E-state index in [-0.39, 0.29) is 5.82 Å². The number of nitrogens with zero attached hydrogens (tertiary/aromatic N) is 3. The van der Waals surface area contributed by atoms with Gasteiger partial charge in [-0.15, -0.1) is 11.3 Å². The van der Waals surface area contributed by atoms with E-state index in [9.17, 15) is 10.1 Å². The predicted octanol–water partition coefficient (Wildman–Crippen LogP) is 2.74. The lowest BCUT2D eigenvalue weighted by atomic mass is 10.1. The van der Waals surface area contributed by atoms with Crippen LogP contribution in [0.15, 0.2) is 30.3 Å². The maximum absolute atomic E-state index is 11.9. The van der Waals surface area contributed by atoms with Gasteiger partial charge < -0.3 is 11.5 Å². The first-order valence-electron chi connectivity index (χ1n) is 7.44. The lowest BCUT2D eigenvalue weighted by Gasteiger charge is -2.08. The smallest absolute Gasteiger partial charge is 0.261 e. The average Bonchev–Trinajstić information content (AvgIpc) is 3.14. The van der Waals surface area contributed by atoms with Gasteiger partial charge in [-0.05, 0) is 12.1 Å². The fourth-order valence-corrected chi connectivity index (χ4v) is 4.36. The second-order valence-corrected chi connectivity index (χ2v) is 6.74. The molecule has 5 rings (SSSR count). The monoisotopic (exact) mass is 346 g/mol. The summed E-state index contributed by atoms with van der Waals surface area (Å²) in [7, 11) is 0. The Morgan fingerprint density at radius 3 is 2.84 bits per heavy atom. The Balaban J connectivity index is 2.20. The third kappa shape index (κ3) is 1.62. The number of aromatic nitrogens is 3. The number of rotatable bonds is 1. The van der Waals surface area contributed by atoms with E-state index < -0.39 is 5.91 Å². The van der Waals surface area contributed by atoms with Crippen molar-refractivity contribution >= 4 is 60.6 Å². The summed E-state index contributed by atoms with van der Waals surface area (Å²) >= 11 is 1.17. The third-order valence-corrected chi connectivity index (χ3v) is 5.49. The van der Waals surface area contributed by atoms with Gasteiger partial charge in [0.25, 0.3) is 5.91 Å². The van der Waals surface area contributed by atoms with E-state index >= 15 is 0 Å². The average molecular weight is 346 g/mol. The van der Waals surface area contributed by atoms with Gasteiger partial charge in [0.05, 0.1) is 16.6 Å². The van der Waals surface area contributed by atoms with Gasteiger partial charge in [0.2, 0.25) is 0 Å². The third-order valence-electron chi connectivity index (χ3n) is 4.39. The molecule has 0 saturated carbocycles. The number of nitrogens with two attached hydrogens (primary N) is 2. The number of amides is 1. The number of fused-ring (bicyclic) bond motifs is 4. The molecule has 0 unspecified atom stereocenters. The van der Waals surface area contributed by atoms with Crippen LogP contribution in [-0.4, -0.2) is 20.5 Å². The summed E-state index contributed by atoms with van der Waals surface area (Å²) in [4.78, 5) is 17.1. The van der Waals surface area contributed by atoms with Crippen LogP contribution in [0, 0.1) is 11.3 Å². The number of H-pyrrole nitrogens is 1. The summed E-state index contributed by atoms with van der Waals surface area (Å²) in [6, 6.07) is 12.0. The van der Waals surface area contributed by atoms with Crippen molar-refractivity contribution in [3.8, 4) is 6.07 Å². The molecule has 0 radical (unpaired) electrons. The molecule has 0 aliphatic rings. The highest BCUT2D eigenvalue weighted by Crippen LogP contribution is 2.40. The number of carbonyl (C=O) groups is 1. The summed E-state index contributed by atoms with van der Waals surface area (Å²) in [5, 5.41) is 15.3. The van der Waals surface area contributed by atoms with E-state index in [4.69, 9.17) is 11.5 Å². The Labute approximate surface area is 144 Å². The number of hydrogen-bond acceptors (Lipinski definition) is 5. The molecule has 7 nitrogen and oxygen atoms in total. The van der Waals surface area contributed by atoms with Gasteiger partial charge in [-0.2, -0.15) is 5.26 Å². The number of nitrogen functional groups attached to an aromatic ring is 1. The first kappa shape index (κ1) is 13.8. The van der Waals surface area contributed by atoms with Crippen LogP contribution in [-0.2, 0) is 0 Å². The Morgan fingerprint density at radius 2 is 2.08 bits per heavy atom. The Hall–Kier alpha value is -3.57. The number of aromatic amines is 1. The zero-order chi connectivity index (χ0) is 17.3. The molecule has 8 heteroatoms. The number of thiophene rings is 1. The molecular formula is C17H10N6OS. The summed E-state index contributed by atoms with van der Waals surface area (Å²) < 4.78 is 1.85. The molecule has 0 bridgehead atoms. The fourth-order valence-electron chi connectivity index (χ4n) is 3.37. The number of carbonyl (C=O) groups excluding carboxylic acids is 1. The lowest BCUT2D eigenvalue weighted by Crippen LogP contribution is -2.10. The zero-order valence-electron chi connectivity index (χ0n) is 12.7. The van der Waals surface area contributed by atoms with Crippen LogP contribution >= 0.6 is 11.3 Å². The van der Waals surface area contributed by atoms with Crippen molar-refractivity contribution in [1.29, 1.82) is 5.26 Å². The molecule has 1 aromatic carbocycles. The van der Waals surface area contributed by atoms with Crippen molar-refractivity contribution in [3.63, 3.8) is 0 Å². The number of para-hydroxylation sites is 1. The van der Waals surface area contributed by atoms with Crippen LogP contribution in [0.3, 0.4) is 0 Å². The second kappa shape index (κ2) is 4.49. The number of hydrogen-bond donors (Lipinski definition) is 3. The molecule has 4 heterocycles. The van der Waals surface area contributed by atoms with Gasteiger partial charge in [0.15, 0.2) is 0 Å². The van der Waals surface area contributed by atoms with E-state index in [1.165, 1.54) is 11.3 Å². The summed E-state index contributed by atoms with van der Waals surface area (Å²) in [6.45, 7) is 0. The molecule has 120 valence electrons. The van der Waals surface area contributed by atoms with Gasteiger partial charge >= 0.3 is 0 Å². The minimum absolute atomic E-state index is 0.146. The van der Waals surface area contributed by atoms with Crippen LogP contribution < -0.4 is 11.5 Å². The van der Waals surface area contributed by atoms with Crippen molar-refractivity contribution in [3.05, 3.63) is 40.8 Å². The molecule has 5 N–H and O–H groups in total. The van der Waals surface area contributed by atoms with Crippen LogP contribution in [0.5, 0.6) is 0 Å². The molecule has 0 spiro atoms. The van der Waals surface area contributed by atoms with Crippen molar-refractivity contribution in [1.82, 2.24) is 14.6 Å². The fraction of sp³-hybridized carbons (Fsp3) is 0. The van der Waals surface area contributed by atoms with Crippen molar-refractivity contribution < 1.29 is 4.79 Å². The van der Waals surface area contributed by atoms with E-state index in [1.807, 2.05) is 34.8 Å². The number of pyridine rings is 1. The molecule has 0 aliphatic carbocycles. The van der Waals surface area contributed by atoms with E-state index in [0.29, 0.717) is 31.6 Å². The van der Waals surface area contributed by atoms with Gasteiger partial charge in [0, 0.05) is 16.2 Å². The Bertz CT molecular complexity index is 1400. The standard InChI is InChI=1S/C17H10N6OS/c18-6-8-11-10-5-7-3-1-2-4-9(7)23(10)22-13-12(11)17(21-15(8)19)25-14(13)16(20)24/h1-5,22H,(H2,19,21)(H2,20,24). The van der Waals surface area contributed by atoms with Gasteiger partial charge in [-0.1, -0.05) is 18.2 Å². The number of anilines is 1. The zero-order valence-corrected chi connectivity index (χ0v) is 13.5. The molecule has 25 heavy (non-hydrogen) atoms. The van der Waals surface area contributed by atoms with Crippen molar-refractivity contribution in [2.24, 2.45) is 5.73 Å². The minimum atomic E-state index is -0.548. The summed E-state index contributed by atoms with van der Waals surface area (Å²) in [6.07, 6.45) is 0. The molecule has 0 fully saturated rings. The molecular weight excluding hydrogens is 336 g/mol. The first-order chi connectivity index (χ1) is 12.1. The maximum atomic E-state index is 11.9. The maximum Gasteiger partial charge on any atom is 0.261 e. The van der Waals surface area contributed by atoms with Crippen molar-refractivity contribution in [2.45, 2.75) is 0 Å². The number of nitriles is 1. The van der Waals surface area contributed by atoms with Crippen LogP contribution in [0.4, 0.5) is 5.82 Å². The van der Waals surface area contributed by atoms with Gasteiger partial charge in [0.1, 0.15) is 27.2 Å². The predicted molar refractivity (Wildman–Crippen MR) is 97.6 cm³/mol. The molecule has 0 aliphatic heterocycles. The normalized spacial score (nSPS) is 11.6. The first-order valence-corrected chi connectivity index (χ1v) is 8.25. The Kier molecular flexibility index (Phi) is 2.49. The van der Waals surface area contributed by atoms with E-state index in [1.54, 1.807) is 0 Å². The number of primary amides is 1. The van der Waals surface area contributed by atoms with Crippen LogP contribution in [0.1, 0.15) is 15.2 Å². The van der Waals surface area contributed by atoms with Crippen LogP contribution in [0.25, 0.3) is 37.5 Å². The molecule has 0 saturated heterocycles. The molecule has 1 amide bonds. The second-order valence-electron chi connectivity index (χ2n) is 5.75. The molecule has 4 aromatic heterocycles. The quantitative estimate of drug-likeness (QED) is 0.431. The topological polar surface area (TPSA) is 126 Å². The molecule has 5 aromatic rings. The molecule has 0 atom stereocenters. The minimum Gasteiger partial charge on any atom is -0.383 e. The number of benzene rings is 1. The lowest BCUT2D eigenvalue weighted by molar-refractivity contribution is 0.101. The summed E-state index contributed by atoms with van der Waals surface area (Å²) in [5.74, 6) is -0.402. The highest BCUT2D eigenvalue weighted by atomic mass is 32.1. The highest BCUT2D eigenvalue weighted by Gasteiger charge is 2.23. The Morgan fingerprint density at radius 1 is 1.28 bits per heavy atom. The highest BCUT2D eigenvalue weighted by molar-refractivity contribution is 7.21.